The van der Waals surface area contributed by atoms with Gasteiger partial charge in [-0.05, 0) is 30.7 Å². The maximum Gasteiger partial charge on any atom is 0.175 e. The summed E-state index contributed by atoms with van der Waals surface area (Å²) < 4.78 is 22.8. The van der Waals surface area contributed by atoms with E-state index in [2.05, 4.69) is 16.9 Å². The van der Waals surface area contributed by atoms with Crippen LogP contribution in [0.1, 0.15) is 19.2 Å². The van der Waals surface area contributed by atoms with Crippen LogP contribution in [0.5, 0.6) is 0 Å². The number of nitrogens with zero attached hydrogens (tertiary/aromatic N) is 2. The summed E-state index contributed by atoms with van der Waals surface area (Å²) >= 11 is 7.42. The summed E-state index contributed by atoms with van der Waals surface area (Å²) in [5.74, 6) is 0.722. The molecule has 0 fully saturated rings. The largest absolute Gasteiger partial charge is 0.226 e. The molecule has 0 saturated carbocycles. The van der Waals surface area contributed by atoms with Crippen molar-refractivity contribution in [2.75, 3.05) is 6.26 Å². The molecule has 0 amide bonds. The van der Waals surface area contributed by atoms with Crippen LogP contribution in [0, 0.1) is 0 Å². The summed E-state index contributed by atoms with van der Waals surface area (Å²) in [6.45, 7) is 2.06. The molecule has 0 N–H and O–H groups in total. The fourth-order valence-corrected chi connectivity index (χ4v) is 3.44. The summed E-state index contributed by atoms with van der Waals surface area (Å²) in [5, 5.41) is 1.18. The average Bonchev–Trinajstić information content (AvgIpc) is 2.38. The van der Waals surface area contributed by atoms with Gasteiger partial charge in [-0.3, -0.25) is 0 Å². The molecule has 0 saturated heterocycles. The molecule has 0 radical (unpaired) electrons. The Morgan fingerprint density at radius 1 is 1.19 bits per heavy atom. The van der Waals surface area contributed by atoms with E-state index in [4.69, 9.17) is 11.6 Å². The minimum absolute atomic E-state index is 0.305. The van der Waals surface area contributed by atoms with Crippen LogP contribution in [-0.4, -0.2) is 24.6 Å². The van der Waals surface area contributed by atoms with E-state index in [-0.39, 0.29) is 0 Å². The molecule has 0 spiro atoms. The molecular weight excluding hydrogens is 328 g/mol. The number of benzene rings is 1. The summed E-state index contributed by atoms with van der Waals surface area (Å²) in [4.78, 5) is 9.82. The molecule has 0 aliphatic rings. The fourth-order valence-electron chi connectivity index (χ4n) is 1.71. The smallest absolute Gasteiger partial charge is 0.175 e. The molecule has 0 aliphatic heterocycles. The zero-order valence-corrected chi connectivity index (χ0v) is 14.1. The third kappa shape index (κ3) is 4.69. The normalized spacial score (nSPS) is 11.6. The molecule has 7 heteroatoms. The monoisotopic (exact) mass is 342 g/mol. The van der Waals surface area contributed by atoms with Gasteiger partial charge in [0, 0.05) is 23.6 Å². The van der Waals surface area contributed by atoms with E-state index in [1.165, 1.54) is 18.0 Å². The van der Waals surface area contributed by atoms with Gasteiger partial charge in [0.1, 0.15) is 16.0 Å². The lowest BCUT2D eigenvalue weighted by molar-refractivity contribution is 0.602. The van der Waals surface area contributed by atoms with Gasteiger partial charge in [-0.1, -0.05) is 30.3 Å². The van der Waals surface area contributed by atoms with Crippen LogP contribution in [0.25, 0.3) is 0 Å². The van der Waals surface area contributed by atoms with E-state index < -0.39 is 9.84 Å². The highest BCUT2D eigenvalue weighted by atomic mass is 35.5. The van der Waals surface area contributed by atoms with E-state index in [9.17, 15) is 8.42 Å². The third-order valence-corrected chi connectivity index (χ3v) is 4.91. The van der Waals surface area contributed by atoms with Crippen molar-refractivity contribution in [2.45, 2.75) is 34.6 Å². The molecule has 1 aromatic carbocycles. The maximum atomic E-state index is 11.4. The zero-order chi connectivity index (χ0) is 15.5. The second kappa shape index (κ2) is 6.77. The lowest BCUT2D eigenvalue weighted by Gasteiger charge is -2.05. The first-order valence-electron chi connectivity index (χ1n) is 6.40. The number of aryl methyl sites for hydroxylation is 1. The molecular formula is C14H15ClN2O2S2. The van der Waals surface area contributed by atoms with E-state index in [0.717, 1.165) is 28.6 Å². The van der Waals surface area contributed by atoms with Gasteiger partial charge < -0.3 is 0 Å². The Labute approximate surface area is 133 Å². The predicted molar refractivity (Wildman–Crippen MR) is 84.7 cm³/mol. The Kier molecular flexibility index (Phi) is 5.24. The first-order valence-corrected chi connectivity index (χ1v) is 9.48. The molecule has 0 atom stereocenters. The van der Waals surface area contributed by atoms with Crippen molar-refractivity contribution in [2.24, 2.45) is 0 Å². The molecule has 2 rings (SSSR count). The second-order valence-electron chi connectivity index (χ2n) is 4.54. The topological polar surface area (TPSA) is 59.9 Å². The zero-order valence-electron chi connectivity index (χ0n) is 11.7. The number of hydrogen-bond acceptors (Lipinski definition) is 5. The Balaban J connectivity index is 2.22. The van der Waals surface area contributed by atoms with Crippen LogP contribution < -0.4 is 0 Å². The first-order chi connectivity index (χ1) is 9.88. The predicted octanol–water partition coefficient (Wildman–Crippen LogP) is 3.64. The summed E-state index contributed by atoms with van der Waals surface area (Å²) in [6, 6.07) is 8.41. The standard InChI is InChI=1S/C14H15ClN2O2S2/c1-3-4-13-16-12(15)9-14(17-13)20-10-5-7-11(8-6-10)21(2,18)19/h5-9H,3-4H2,1-2H3. The summed E-state index contributed by atoms with van der Waals surface area (Å²) in [7, 11) is -3.17. The van der Waals surface area contributed by atoms with Crippen LogP contribution in [-0.2, 0) is 16.3 Å². The van der Waals surface area contributed by atoms with Gasteiger partial charge in [0.15, 0.2) is 9.84 Å². The third-order valence-electron chi connectivity index (χ3n) is 2.67. The van der Waals surface area contributed by atoms with E-state index in [1.54, 1.807) is 30.3 Å². The highest BCUT2D eigenvalue weighted by molar-refractivity contribution is 7.99. The van der Waals surface area contributed by atoms with Crippen molar-refractivity contribution in [3.63, 3.8) is 0 Å². The van der Waals surface area contributed by atoms with Gasteiger partial charge in [0.2, 0.25) is 0 Å². The number of hydrogen-bond donors (Lipinski definition) is 0. The van der Waals surface area contributed by atoms with Crippen LogP contribution in [0.15, 0.2) is 45.1 Å². The number of halogens is 1. The minimum Gasteiger partial charge on any atom is -0.226 e. The molecule has 21 heavy (non-hydrogen) atoms. The molecule has 0 bridgehead atoms. The van der Waals surface area contributed by atoms with Crippen molar-refractivity contribution in [3.8, 4) is 0 Å². The van der Waals surface area contributed by atoms with Crippen LogP contribution in [0.3, 0.4) is 0 Å². The quantitative estimate of drug-likeness (QED) is 0.776. The molecule has 4 nitrogen and oxygen atoms in total. The van der Waals surface area contributed by atoms with E-state index in [1.807, 2.05) is 0 Å². The van der Waals surface area contributed by atoms with Gasteiger partial charge in [-0.15, -0.1) is 0 Å². The van der Waals surface area contributed by atoms with Crippen LogP contribution in [0.4, 0.5) is 0 Å². The highest BCUT2D eigenvalue weighted by Gasteiger charge is 2.08. The first kappa shape index (κ1) is 16.3. The molecule has 0 aliphatic carbocycles. The lowest BCUT2D eigenvalue weighted by Crippen LogP contribution is -1.97. The Bertz CT molecular complexity index is 731. The van der Waals surface area contributed by atoms with Gasteiger partial charge in [0.25, 0.3) is 0 Å². The molecule has 112 valence electrons. The average molecular weight is 343 g/mol. The minimum atomic E-state index is -3.17. The van der Waals surface area contributed by atoms with Crippen molar-refractivity contribution < 1.29 is 8.42 Å². The van der Waals surface area contributed by atoms with Crippen LogP contribution in [0.2, 0.25) is 5.15 Å². The van der Waals surface area contributed by atoms with Gasteiger partial charge in [-0.25, -0.2) is 18.4 Å². The Morgan fingerprint density at radius 3 is 2.43 bits per heavy atom. The number of rotatable bonds is 5. The maximum absolute atomic E-state index is 11.4. The van der Waals surface area contributed by atoms with Crippen molar-refractivity contribution in [1.82, 2.24) is 9.97 Å². The van der Waals surface area contributed by atoms with Crippen molar-refractivity contribution in [3.05, 3.63) is 41.3 Å². The van der Waals surface area contributed by atoms with Crippen molar-refractivity contribution in [1.29, 1.82) is 0 Å². The summed E-state index contributed by atoms with van der Waals surface area (Å²) in [6.07, 6.45) is 2.92. The Hall–Kier alpha value is -1.11. The van der Waals surface area contributed by atoms with E-state index in [0.29, 0.717) is 10.0 Å². The SMILES string of the molecule is CCCc1nc(Cl)cc(Sc2ccc(S(C)(=O)=O)cc2)n1. The molecule has 1 heterocycles. The van der Waals surface area contributed by atoms with Crippen LogP contribution >= 0.6 is 23.4 Å². The Morgan fingerprint density at radius 2 is 1.86 bits per heavy atom. The molecule has 0 unspecified atom stereocenters. The van der Waals surface area contributed by atoms with E-state index >= 15 is 0 Å². The molecule has 1 aromatic heterocycles. The highest BCUT2D eigenvalue weighted by Crippen LogP contribution is 2.28. The fraction of sp³-hybridized carbons (Fsp3) is 0.286. The summed E-state index contributed by atoms with van der Waals surface area (Å²) in [5.41, 5.74) is 0. The number of aromatic nitrogens is 2. The second-order valence-corrected chi connectivity index (χ2v) is 8.04. The van der Waals surface area contributed by atoms with Gasteiger partial charge >= 0.3 is 0 Å². The van der Waals surface area contributed by atoms with Gasteiger partial charge in [-0.2, -0.15) is 0 Å². The molecule has 2 aromatic rings. The van der Waals surface area contributed by atoms with Gasteiger partial charge in [0.05, 0.1) is 4.90 Å². The number of sulfone groups is 1. The lowest BCUT2D eigenvalue weighted by atomic mass is 10.3. The van der Waals surface area contributed by atoms with Crippen molar-refractivity contribution >= 4 is 33.2 Å².